The van der Waals surface area contributed by atoms with Gasteiger partial charge in [0.1, 0.15) is 0 Å². The van der Waals surface area contributed by atoms with E-state index in [4.69, 9.17) is 4.43 Å². The molecule has 0 amide bonds. The Bertz CT molecular complexity index is 680. The number of benzene rings is 2. The zero-order chi connectivity index (χ0) is 21.2. The molecule has 0 bridgehead atoms. The summed E-state index contributed by atoms with van der Waals surface area (Å²) in [5.41, 5.74) is 0. The van der Waals surface area contributed by atoms with E-state index in [9.17, 15) is 5.11 Å². The summed E-state index contributed by atoms with van der Waals surface area (Å²) in [6.07, 6.45) is 8.67. The van der Waals surface area contributed by atoms with Gasteiger partial charge in [-0.1, -0.05) is 113 Å². The van der Waals surface area contributed by atoms with Crippen LogP contribution in [0.25, 0.3) is 0 Å². The smallest absolute Gasteiger partial charge is 0.261 e. The van der Waals surface area contributed by atoms with Gasteiger partial charge in [-0.05, 0) is 34.7 Å². The summed E-state index contributed by atoms with van der Waals surface area (Å²) in [7, 11) is -2.46. The zero-order valence-corrected chi connectivity index (χ0v) is 19.6. The number of aliphatic hydroxyl groups excluding tert-OH is 1. The van der Waals surface area contributed by atoms with Crippen LogP contribution in [-0.2, 0) is 4.43 Å². The first-order chi connectivity index (χ1) is 13.9. The van der Waals surface area contributed by atoms with E-state index in [1.165, 1.54) is 23.2 Å². The second kappa shape index (κ2) is 11.5. The van der Waals surface area contributed by atoms with E-state index in [1.807, 2.05) is 6.08 Å². The molecule has 2 aromatic rings. The van der Waals surface area contributed by atoms with E-state index in [1.54, 1.807) is 0 Å². The molecule has 1 unspecified atom stereocenters. The summed E-state index contributed by atoms with van der Waals surface area (Å²) in [5.74, 6) is 0. The van der Waals surface area contributed by atoms with Gasteiger partial charge >= 0.3 is 0 Å². The summed E-state index contributed by atoms with van der Waals surface area (Å²) < 4.78 is 6.86. The third kappa shape index (κ3) is 6.40. The molecule has 0 aromatic heterocycles. The second-order valence-corrected chi connectivity index (χ2v) is 13.1. The largest absolute Gasteiger partial charge is 0.407 e. The van der Waals surface area contributed by atoms with Crippen molar-refractivity contribution in [3.8, 4) is 0 Å². The van der Waals surface area contributed by atoms with Crippen molar-refractivity contribution in [2.75, 3.05) is 6.61 Å². The maximum absolute atomic E-state index is 10.2. The van der Waals surface area contributed by atoms with Crippen LogP contribution in [0.5, 0.6) is 0 Å². The van der Waals surface area contributed by atoms with Gasteiger partial charge < -0.3 is 9.53 Å². The van der Waals surface area contributed by atoms with Crippen molar-refractivity contribution >= 4 is 18.7 Å². The van der Waals surface area contributed by atoms with E-state index in [2.05, 4.69) is 94.4 Å². The Kier molecular flexibility index (Phi) is 9.35. The first-order valence-corrected chi connectivity index (χ1v) is 12.9. The summed E-state index contributed by atoms with van der Waals surface area (Å²) in [6, 6.07) is 21.5. The number of allylic oxidation sites excluding steroid dienone is 1. The van der Waals surface area contributed by atoms with Crippen molar-refractivity contribution in [1.29, 1.82) is 0 Å². The van der Waals surface area contributed by atoms with Crippen LogP contribution in [0.1, 0.15) is 59.8 Å². The van der Waals surface area contributed by atoms with Gasteiger partial charge in [-0.15, -0.1) is 0 Å². The fourth-order valence-electron chi connectivity index (χ4n) is 3.95. The molecule has 0 heterocycles. The van der Waals surface area contributed by atoms with Crippen LogP contribution in [0.3, 0.4) is 0 Å². The number of hydrogen-bond donors (Lipinski definition) is 1. The molecule has 2 nitrogen and oxygen atoms in total. The van der Waals surface area contributed by atoms with E-state index in [0.717, 1.165) is 19.3 Å². The average molecular weight is 411 g/mol. The first kappa shape index (κ1) is 23.6. The highest BCUT2D eigenvalue weighted by atomic mass is 28.4. The van der Waals surface area contributed by atoms with E-state index < -0.39 is 8.32 Å². The lowest BCUT2D eigenvalue weighted by Crippen LogP contribution is -2.66. The lowest BCUT2D eigenvalue weighted by atomic mass is 10.1. The Balaban J connectivity index is 2.16. The normalized spacial score (nSPS) is 13.7. The van der Waals surface area contributed by atoms with Crippen molar-refractivity contribution in [2.24, 2.45) is 0 Å². The topological polar surface area (TPSA) is 29.5 Å². The highest BCUT2D eigenvalue weighted by molar-refractivity contribution is 6.99. The minimum absolute atomic E-state index is 0.00558. The van der Waals surface area contributed by atoms with Crippen LogP contribution < -0.4 is 10.4 Å². The molecule has 1 N–H and O–H groups in total. The van der Waals surface area contributed by atoms with Gasteiger partial charge in [0, 0.05) is 6.61 Å². The Morgan fingerprint density at radius 2 is 1.48 bits per heavy atom. The van der Waals surface area contributed by atoms with Gasteiger partial charge in [0.25, 0.3) is 8.32 Å². The average Bonchev–Trinajstić information content (AvgIpc) is 2.72. The highest BCUT2D eigenvalue weighted by Crippen LogP contribution is 2.36. The lowest BCUT2D eigenvalue weighted by molar-refractivity contribution is 0.192. The van der Waals surface area contributed by atoms with Crippen LogP contribution >= 0.6 is 0 Å². The Morgan fingerprint density at radius 3 is 1.97 bits per heavy atom. The molecule has 0 radical (unpaired) electrons. The number of aliphatic hydroxyl groups is 1. The molecule has 0 aliphatic heterocycles. The fraction of sp³-hybridized carbons (Fsp3) is 0.462. The van der Waals surface area contributed by atoms with Crippen LogP contribution in [0.2, 0.25) is 5.04 Å². The van der Waals surface area contributed by atoms with Crippen molar-refractivity contribution in [1.82, 2.24) is 0 Å². The summed E-state index contributed by atoms with van der Waals surface area (Å²) in [4.78, 5) is 0. The van der Waals surface area contributed by atoms with Crippen molar-refractivity contribution < 1.29 is 9.53 Å². The zero-order valence-electron chi connectivity index (χ0n) is 18.6. The molecule has 158 valence electrons. The Morgan fingerprint density at radius 1 is 0.931 bits per heavy atom. The molecule has 29 heavy (non-hydrogen) atoms. The van der Waals surface area contributed by atoms with Gasteiger partial charge in [-0.25, -0.2) is 0 Å². The van der Waals surface area contributed by atoms with E-state index >= 15 is 0 Å². The van der Waals surface area contributed by atoms with Crippen LogP contribution in [0, 0.1) is 0 Å². The van der Waals surface area contributed by atoms with Gasteiger partial charge in [0.05, 0.1) is 6.10 Å². The number of unbranched alkanes of at least 4 members (excludes halogenated alkanes) is 2. The van der Waals surface area contributed by atoms with Gasteiger partial charge in [0.15, 0.2) is 0 Å². The number of rotatable bonds is 11. The minimum atomic E-state index is -2.46. The molecular formula is C26H38O2Si. The molecule has 0 saturated heterocycles. The SMILES string of the molecule is CCCC/C=C/C(O)CCCO[Si](c1ccccc1)(c1ccccc1)C(C)(C)C. The van der Waals surface area contributed by atoms with Crippen LogP contribution in [0.4, 0.5) is 0 Å². The summed E-state index contributed by atoms with van der Waals surface area (Å²) >= 11 is 0. The van der Waals surface area contributed by atoms with Gasteiger partial charge in [-0.2, -0.15) is 0 Å². The lowest BCUT2D eigenvalue weighted by Gasteiger charge is -2.43. The number of hydrogen-bond acceptors (Lipinski definition) is 2. The molecule has 2 rings (SSSR count). The predicted octanol–water partition coefficient (Wildman–Crippen LogP) is 5.45. The van der Waals surface area contributed by atoms with Gasteiger partial charge in [-0.3, -0.25) is 0 Å². The second-order valence-electron chi connectivity index (χ2n) is 8.79. The van der Waals surface area contributed by atoms with Crippen LogP contribution in [-0.4, -0.2) is 26.1 Å². The molecular weight excluding hydrogens is 372 g/mol. The third-order valence-corrected chi connectivity index (χ3v) is 10.5. The van der Waals surface area contributed by atoms with E-state index in [-0.39, 0.29) is 11.1 Å². The fourth-order valence-corrected chi connectivity index (χ4v) is 8.56. The Hall–Kier alpha value is -1.68. The minimum Gasteiger partial charge on any atom is -0.407 e. The van der Waals surface area contributed by atoms with Crippen molar-refractivity contribution in [2.45, 2.75) is 70.9 Å². The first-order valence-electron chi connectivity index (χ1n) is 11.0. The monoisotopic (exact) mass is 410 g/mol. The molecule has 0 aliphatic rings. The Labute approximate surface area is 178 Å². The third-order valence-electron chi connectivity index (χ3n) is 5.46. The molecule has 0 fully saturated rings. The molecule has 1 atom stereocenters. The van der Waals surface area contributed by atoms with E-state index in [0.29, 0.717) is 6.61 Å². The standard InChI is InChI=1S/C26H38O2Si/c1-5-6-7-10-16-23(27)17-15-22-28-29(26(2,3)4,24-18-11-8-12-19-24)25-20-13-9-14-21-25/h8-14,16,18-21,23,27H,5-7,15,17,22H2,1-4H3/b16-10+. The van der Waals surface area contributed by atoms with Gasteiger partial charge in [0.2, 0.25) is 0 Å². The molecule has 0 aliphatic carbocycles. The molecule has 0 saturated carbocycles. The van der Waals surface area contributed by atoms with Crippen molar-refractivity contribution in [3.63, 3.8) is 0 Å². The molecule has 2 aromatic carbocycles. The molecule has 0 spiro atoms. The molecule has 3 heteroatoms. The summed E-state index contributed by atoms with van der Waals surface area (Å²) in [6.45, 7) is 9.74. The van der Waals surface area contributed by atoms with Crippen molar-refractivity contribution in [3.05, 3.63) is 72.8 Å². The maximum Gasteiger partial charge on any atom is 0.261 e. The summed E-state index contributed by atoms with van der Waals surface area (Å²) in [5, 5.41) is 12.8. The maximum atomic E-state index is 10.2. The predicted molar refractivity (Wildman–Crippen MR) is 127 cm³/mol. The highest BCUT2D eigenvalue weighted by Gasteiger charge is 2.49. The van der Waals surface area contributed by atoms with Crippen LogP contribution in [0.15, 0.2) is 72.8 Å². The quantitative estimate of drug-likeness (QED) is 0.303.